The lowest BCUT2D eigenvalue weighted by Gasteiger charge is -2.21. The highest BCUT2D eigenvalue weighted by Gasteiger charge is 2.20. The summed E-state index contributed by atoms with van der Waals surface area (Å²) in [6.45, 7) is 14.8. The van der Waals surface area contributed by atoms with Crippen LogP contribution in [0.3, 0.4) is 0 Å². The lowest BCUT2D eigenvalue weighted by molar-refractivity contribution is 0.0560. The van der Waals surface area contributed by atoms with Crippen molar-refractivity contribution in [2.75, 3.05) is 13.2 Å². The number of carbonyl (C=O) groups is 2. The molecular formula is C29H41N3O6. The van der Waals surface area contributed by atoms with Gasteiger partial charge < -0.3 is 24.6 Å². The van der Waals surface area contributed by atoms with Gasteiger partial charge in [-0.3, -0.25) is 5.32 Å². The molecule has 9 heteroatoms. The molecule has 0 aromatic heterocycles. The van der Waals surface area contributed by atoms with E-state index in [1.165, 1.54) is 0 Å². The van der Waals surface area contributed by atoms with E-state index in [-0.39, 0.29) is 19.1 Å². The predicted molar refractivity (Wildman–Crippen MR) is 148 cm³/mol. The van der Waals surface area contributed by atoms with Crippen molar-refractivity contribution in [2.24, 2.45) is 4.99 Å². The molecule has 0 spiro atoms. The summed E-state index contributed by atoms with van der Waals surface area (Å²) in [5.41, 5.74) is 2.14. The number of phenols is 1. The fourth-order valence-electron chi connectivity index (χ4n) is 3.55. The first-order valence-electron chi connectivity index (χ1n) is 12.7. The maximum absolute atomic E-state index is 12.3. The summed E-state index contributed by atoms with van der Waals surface area (Å²) in [7, 11) is 0. The van der Waals surface area contributed by atoms with Crippen molar-refractivity contribution in [3.63, 3.8) is 0 Å². The summed E-state index contributed by atoms with van der Waals surface area (Å²) < 4.78 is 16.6. The zero-order valence-corrected chi connectivity index (χ0v) is 23.7. The van der Waals surface area contributed by atoms with Crippen LogP contribution >= 0.6 is 0 Å². The van der Waals surface area contributed by atoms with Gasteiger partial charge in [0.2, 0.25) is 5.96 Å². The van der Waals surface area contributed by atoms with Crippen LogP contribution in [0.25, 0.3) is 0 Å². The van der Waals surface area contributed by atoms with Gasteiger partial charge in [0, 0.05) is 6.42 Å². The number of aryl methyl sites for hydroxylation is 2. The lowest BCUT2D eigenvalue weighted by atomic mass is 9.98. The van der Waals surface area contributed by atoms with Crippen molar-refractivity contribution < 1.29 is 28.9 Å². The molecule has 0 aliphatic rings. The fourth-order valence-corrected chi connectivity index (χ4v) is 3.55. The average molecular weight is 528 g/mol. The number of aliphatic imine (C=N–C) groups is 1. The van der Waals surface area contributed by atoms with Gasteiger partial charge in [-0.2, -0.15) is 0 Å². The highest BCUT2D eigenvalue weighted by molar-refractivity contribution is 5.98. The second-order valence-electron chi connectivity index (χ2n) is 10.9. The normalized spacial score (nSPS) is 12.1. The number of phenolic OH excluding ortho intramolecular Hbond substituents is 1. The van der Waals surface area contributed by atoms with Crippen LogP contribution in [-0.4, -0.2) is 47.6 Å². The first-order chi connectivity index (χ1) is 17.7. The van der Waals surface area contributed by atoms with E-state index >= 15 is 0 Å². The van der Waals surface area contributed by atoms with Crippen molar-refractivity contribution >= 4 is 18.1 Å². The largest absolute Gasteiger partial charge is 0.507 e. The number of rotatable bonds is 7. The Kier molecular flexibility index (Phi) is 10.6. The van der Waals surface area contributed by atoms with Gasteiger partial charge in [0.05, 0.1) is 6.54 Å². The van der Waals surface area contributed by atoms with Gasteiger partial charge in [-0.25, -0.2) is 9.59 Å². The van der Waals surface area contributed by atoms with E-state index in [1.807, 2.05) is 50.2 Å². The predicted octanol–water partition coefficient (Wildman–Crippen LogP) is 5.64. The molecule has 3 N–H and O–H groups in total. The molecule has 0 unspecified atom stereocenters. The minimum atomic E-state index is -0.854. The number of hydrogen-bond donors (Lipinski definition) is 3. The number of benzene rings is 2. The summed E-state index contributed by atoms with van der Waals surface area (Å²) in [6.07, 6.45) is -0.362. The number of nitrogens with one attached hydrogen (secondary N) is 2. The second kappa shape index (κ2) is 13.2. The van der Waals surface area contributed by atoms with Gasteiger partial charge in [-0.1, -0.05) is 43.3 Å². The number of ether oxygens (including phenoxy) is 3. The molecule has 0 radical (unpaired) electrons. The first kappa shape index (κ1) is 30.5. The van der Waals surface area contributed by atoms with E-state index in [0.717, 1.165) is 28.7 Å². The van der Waals surface area contributed by atoms with Crippen LogP contribution in [0, 0.1) is 6.92 Å². The smallest absolute Gasteiger partial charge is 0.437 e. The number of hydrogen-bond acceptors (Lipinski definition) is 6. The summed E-state index contributed by atoms with van der Waals surface area (Å²) in [5.74, 6) is 0.907. The average Bonchev–Trinajstić information content (AvgIpc) is 2.76. The van der Waals surface area contributed by atoms with Crippen LogP contribution < -0.4 is 15.4 Å². The standard InChI is InChI=1S/C29H41N3O6/c1-9-20-13-11-14-21(23(20)33)18-22-15-10-12-19(2)24(22)36-17-16-30-25(31-26(34)37-28(3,4)5)32-27(35)38-29(6,7)8/h10-15,33H,9,16-18H2,1-8H3,(H2,30,31,32,34,35). The Morgan fingerprint density at radius 2 is 1.53 bits per heavy atom. The minimum absolute atomic E-state index is 0.108. The van der Waals surface area contributed by atoms with Crippen LogP contribution in [0.4, 0.5) is 9.59 Å². The Labute approximate surface area is 225 Å². The maximum atomic E-state index is 12.3. The summed E-state index contributed by atoms with van der Waals surface area (Å²) in [6, 6.07) is 11.6. The van der Waals surface area contributed by atoms with Crippen LogP contribution in [0.1, 0.15) is 70.7 Å². The van der Waals surface area contributed by atoms with Crippen LogP contribution in [-0.2, 0) is 22.3 Å². The van der Waals surface area contributed by atoms with Gasteiger partial charge >= 0.3 is 12.2 Å². The third-order valence-electron chi connectivity index (χ3n) is 5.12. The molecule has 0 saturated carbocycles. The molecule has 208 valence electrons. The van der Waals surface area contributed by atoms with Crippen molar-refractivity contribution in [1.82, 2.24) is 10.6 Å². The van der Waals surface area contributed by atoms with E-state index in [0.29, 0.717) is 17.9 Å². The Morgan fingerprint density at radius 3 is 2.16 bits per heavy atom. The van der Waals surface area contributed by atoms with Crippen LogP contribution in [0.2, 0.25) is 0 Å². The lowest BCUT2D eigenvalue weighted by Crippen LogP contribution is -2.45. The Balaban J connectivity index is 2.11. The molecule has 0 atom stereocenters. The number of carbonyl (C=O) groups excluding carboxylic acids is 2. The van der Waals surface area contributed by atoms with Crippen molar-refractivity contribution in [1.29, 1.82) is 0 Å². The van der Waals surface area contributed by atoms with Crippen LogP contribution in [0.15, 0.2) is 41.4 Å². The minimum Gasteiger partial charge on any atom is -0.507 e. The molecule has 0 bridgehead atoms. The van der Waals surface area contributed by atoms with Gasteiger partial charge in [0.1, 0.15) is 29.3 Å². The maximum Gasteiger partial charge on any atom is 0.437 e. The molecule has 0 saturated heterocycles. The van der Waals surface area contributed by atoms with Crippen LogP contribution in [0.5, 0.6) is 11.5 Å². The number of alkyl carbamates (subject to hydrolysis) is 1. The highest BCUT2D eigenvalue weighted by atomic mass is 16.6. The first-order valence-corrected chi connectivity index (χ1v) is 12.7. The molecule has 2 aromatic rings. The Morgan fingerprint density at radius 1 is 0.921 bits per heavy atom. The summed E-state index contributed by atoms with van der Waals surface area (Å²) in [4.78, 5) is 28.3. The topological polar surface area (TPSA) is 118 Å². The van der Waals surface area contributed by atoms with E-state index in [9.17, 15) is 14.7 Å². The summed E-state index contributed by atoms with van der Waals surface area (Å²) >= 11 is 0. The number of amides is 2. The van der Waals surface area contributed by atoms with Crippen molar-refractivity contribution in [3.8, 4) is 11.5 Å². The molecule has 2 amide bonds. The molecule has 0 aliphatic carbocycles. The van der Waals surface area contributed by atoms with E-state index in [4.69, 9.17) is 14.2 Å². The molecule has 2 rings (SSSR count). The van der Waals surface area contributed by atoms with Crippen molar-refractivity contribution in [3.05, 3.63) is 58.7 Å². The number of aromatic hydroxyl groups is 1. The summed E-state index contributed by atoms with van der Waals surface area (Å²) in [5, 5.41) is 16.0. The molecule has 0 heterocycles. The molecule has 0 fully saturated rings. The molecular weight excluding hydrogens is 486 g/mol. The molecule has 38 heavy (non-hydrogen) atoms. The molecule has 2 aromatic carbocycles. The highest BCUT2D eigenvalue weighted by Crippen LogP contribution is 2.30. The zero-order chi connectivity index (χ0) is 28.5. The Bertz CT molecular complexity index is 1150. The third kappa shape index (κ3) is 10.3. The van der Waals surface area contributed by atoms with Gasteiger partial charge in [0.15, 0.2) is 0 Å². The quantitative estimate of drug-likeness (QED) is 0.242. The van der Waals surface area contributed by atoms with Gasteiger partial charge in [0.25, 0.3) is 0 Å². The van der Waals surface area contributed by atoms with E-state index in [1.54, 1.807) is 41.5 Å². The number of para-hydroxylation sites is 2. The van der Waals surface area contributed by atoms with Gasteiger partial charge in [-0.05, 0) is 77.1 Å². The van der Waals surface area contributed by atoms with Gasteiger partial charge in [-0.15, -0.1) is 4.99 Å². The van der Waals surface area contributed by atoms with E-state index < -0.39 is 23.4 Å². The van der Waals surface area contributed by atoms with E-state index in [2.05, 4.69) is 15.6 Å². The Hall–Kier alpha value is -3.75. The third-order valence-corrected chi connectivity index (χ3v) is 5.12. The number of nitrogens with zero attached hydrogens (tertiary/aromatic N) is 1. The van der Waals surface area contributed by atoms with Crippen molar-refractivity contribution in [2.45, 2.75) is 79.4 Å². The monoisotopic (exact) mass is 527 g/mol. The second-order valence-corrected chi connectivity index (χ2v) is 10.9. The fraction of sp³-hybridized carbons (Fsp3) is 0.483. The SMILES string of the molecule is CCc1cccc(Cc2cccc(C)c2OCCN/C(=N\C(=O)OC(C)(C)C)NC(=O)OC(C)(C)C)c1O. The molecule has 9 nitrogen and oxygen atoms in total. The molecule has 0 aliphatic heterocycles. The zero-order valence-electron chi connectivity index (χ0n) is 23.7. The number of guanidine groups is 1.